The van der Waals surface area contributed by atoms with Gasteiger partial charge in [0.15, 0.2) is 5.58 Å². The molecule has 0 radical (unpaired) electrons. The summed E-state index contributed by atoms with van der Waals surface area (Å²) in [6, 6.07) is 28.4. The van der Waals surface area contributed by atoms with Gasteiger partial charge in [-0.05, 0) is 52.1 Å². The Hall–Kier alpha value is -3.92. The Bertz CT molecular complexity index is 1210. The molecule has 4 nitrogen and oxygen atoms in total. The van der Waals surface area contributed by atoms with Crippen LogP contribution in [0.2, 0.25) is 0 Å². The summed E-state index contributed by atoms with van der Waals surface area (Å²) in [7, 11) is 0. The highest BCUT2D eigenvalue weighted by atomic mass is 16.6. The topological polar surface area (TPSA) is 48.2 Å². The molecule has 0 unspecified atom stereocenters. The number of benzene rings is 3. The summed E-state index contributed by atoms with van der Waals surface area (Å²) in [4.78, 5) is 8.46. The Kier molecular flexibility index (Phi) is 4.51. The van der Waals surface area contributed by atoms with Gasteiger partial charge in [0.2, 0.25) is 0 Å². The van der Waals surface area contributed by atoms with Crippen molar-refractivity contribution < 1.29 is 9.15 Å². The van der Waals surface area contributed by atoms with Crippen LogP contribution in [0, 0.1) is 0 Å². The lowest BCUT2D eigenvalue weighted by Gasteiger charge is -2.10. The van der Waals surface area contributed by atoms with Crippen LogP contribution in [0.25, 0.3) is 33.4 Å². The molecule has 4 heteroatoms. The second-order valence-corrected chi connectivity index (χ2v) is 6.71. The predicted molar refractivity (Wildman–Crippen MR) is 113 cm³/mol. The van der Waals surface area contributed by atoms with Crippen LogP contribution in [0.5, 0.6) is 6.08 Å². The van der Waals surface area contributed by atoms with Gasteiger partial charge in [-0.3, -0.25) is 4.98 Å². The normalized spacial score (nSPS) is 10.9. The maximum atomic E-state index is 5.73. The van der Waals surface area contributed by atoms with Gasteiger partial charge in [0.1, 0.15) is 12.1 Å². The molecule has 0 amide bonds. The number of oxazole rings is 1. The molecule has 0 aliphatic rings. The molecule has 0 N–H and O–H groups in total. The number of nitrogens with zero attached hydrogens (tertiary/aromatic N) is 2. The predicted octanol–water partition coefficient (Wildman–Crippen LogP) is 6.14. The van der Waals surface area contributed by atoms with Crippen molar-refractivity contribution in [3.63, 3.8) is 0 Å². The number of ether oxygens (including phenoxy) is 1. The summed E-state index contributed by atoms with van der Waals surface area (Å²) in [5.41, 5.74) is 7.26. The van der Waals surface area contributed by atoms with Crippen molar-refractivity contribution in [2.45, 2.75) is 6.61 Å². The van der Waals surface area contributed by atoms with Gasteiger partial charge in [-0.25, -0.2) is 0 Å². The van der Waals surface area contributed by atoms with E-state index in [2.05, 4.69) is 58.5 Å². The molecule has 0 saturated carbocycles. The van der Waals surface area contributed by atoms with E-state index in [1.165, 1.54) is 11.1 Å². The van der Waals surface area contributed by atoms with Crippen LogP contribution in [0.1, 0.15) is 5.56 Å². The molecule has 29 heavy (non-hydrogen) atoms. The van der Waals surface area contributed by atoms with E-state index in [0.717, 1.165) is 27.8 Å². The zero-order valence-corrected chi connectivity index (χ0v) is 15.7. The van der Waals surface area contributed by atoms with Crippen molar-refractivity contribution in [1.29, 1.82) is 0 Å². The Balaban J connectivity index is 1.36. The first-order valence-corrected chi connectivity index (χ1v) is 9.44. The molecule has 0 saturated heterocycles. The van der Waals surface area contributed by atoms with E-state index >= 15 is 0 Å². The van der Waals surface area contributed by atoms with E-state index in [1.54, 1.807) is 0 Å². The van der Waals surface area contributed by atoms with Crippen molar-refractivity contribution in [1.82, 2.24) is 9.97 Å². The molecule has 0 fully saturated rings. The minimum atomic E-state index is 0.290. The summed E-state index contributed by atoms with van der Waals surface area (Å²) < 4.78 is 11.3. The molecule has 0 spiro atoms. The Morgan fingerprint density at radius 3 is 2.07 bits per heavy atom. The molecular weight excluding hydrogens is 360 g/mol. The van der Waals surface area contributed by atoms with Crippen LogP contribution in [0.15, 0.2) is 102 Å². The molecule has 3 aromatic carbocycles. The molecule has 2 aromatic heterocycles. The standard InChI is InChI=1S/C25H18N2O2/c1-2-6-22(20-13-15-26-16-14-20)21(5-1)19-11-9-18(10-12-19)17-28-25-27-23-7-3-4-8-24(23)29-25/h1-16H,17H2. The average Bonchev–Trinajstić information content (AvgIpc) is 3.22. The number of fused-ring (bicyclic) bond motifs is 1. The molecule has 0 bridgehead atoms. The van der Waals surface area contributed by atoms with E-state index in [9.17, 15) is 0 Å². The third-order valence-electron chi connectivity index (χ3n) is 4.82. The molecular formula is C25H18N2O2. The van der Waals surface area contributed by atoms with Crippen LogP contribution in [0.4, 0.5) is 0 Å². The molecule has 0 aliphatic heterocycles. The highest BCUT2D eigenvalue weighted by Gasteiger charge is 2.08. The smallest absolute Gasteiger partial charge is 0.394 e. The second-order valence-electron chi connectivity index (χ2n) is 6.71. The van der Waals surface area contributed by atoms with Crippen molar-refractivity contribution in [3.8, 4) is 28.3 Å². The van der Waals surface area contributed by atoms with Crippen LogP contribution in [-0.2, 0) is 6.61 Å². The molecule has 5 rings (SSSR count). The Morgan fingerprint density at radius 1 is 0.690 bits per heavy atom. The van der Waals surface area contributed by atoms with Gasteiger partial charge >= 0.3 is 6.08 Å². The van der Waals surface area contributed by atoms with Gasteiger partial charge in [-0.2, -0.15) is 4.98 Å². The molecule has 2 heterocycles. The van der Waals surface area contributed by atoms with Crippen molar-refractivity contribution in [3.05, 3.63) is 103 Å². The molecule has 0 aliphatic carbocycles. The Labute approximate surface area is 168 Å². The minimum absolute atomic E-state index is 0.290. The summed E-state index contributed by atoms with van der Waals surface area (Å²) in [5, 5.41) is 0. The van der Waals surface area contributed by atoms with Gasteiger partial charge in [-0.15, -0.1) is 0 Å². The number of hydrogen-bond donors (Lipinski definition) is 0. The number of rotatable bonds is 5. The molecule has 140 valence electrons. The SMILES string of the molecule is c1ccc(-c2ccc(COc3nc4ccccc4o3)cc2)c(-c2ccncc2)c1. The summed E-state index contributed by atoms with van der Waals surface area (Å²) in [5.74, 6) is 0. The second kappa shape index (κ2) is 7.60. The van der Waals surface area contributed by atoms with Gasteiger partial charge in [0.25, 0.3) is 0 Å². The number of hydrogen-bond acceptors (Lipinski definition) is 4. The van der Waals surface area contributed by atoms with E-state index in [4.69, 9.17) is 9.15 Å². The minimum Gasteiger partial charge on any atom is -0.445 e. The maximum absolute atomic E-state index is 5.73. The lowest BCUT2D eigenvalue weighted by atomic mass is 9.95. The lowest BCUT2D eigenvalue weighted by molar-refractivity contribution is 0.226. The fourth-order valence-electron chi connectivity index (χ4n) is 3.36. The van der Waals surface area contributed by atoms with Crippen molar-refractivity contribution in [2.24, 2.45) is 0 Å². The highest BCUT2D eigenvalue weighted by molar-refractivity contribution is 5.83. The third-order valence-corrected chi connectivity index (χ3v) is 4.82. The van der Waals surface area contributed by atoms with E-state index in [0.29, 0.717) is 12.7 Å². The largest absolute Gasteiger partial charge is 0.445 e. The highest BCUT2D eigenvalue weighted by Crippen LogP contribution is 2.32. The summed E-state index contributed by atoms with van der Waals surface area (Å²) >= 11 is 0. The molecule has 5 aromatic rings. The third kappa shape index (κ3) is 3.60. The number of para-hydroxylation sites is 2. The van der Waals surface area contributed by atoms with Crippen LogP contribution in [-0.4, -0.2) is 9.97 Å². The van der Waals surface area contributed by atoms with Gasteiger partial charge in [-0.1, -0.05) is 60.7 Å². The van der Waals surface area contributed by atoms with Crippen molar-refractivity contribution in [2.75, 3.05) is 0 Å². The summed E-state index contributed by atoms with van der Waals surface area (Å²) in [6.45, 7) is 0.402. The number of pyridine rings is 1. The quantitative estimate of drug-likeness (QED) is 0.369. The first kappa shape index (κ1) is 17.2. The average molecular weight is 378 g/mol. The van der Waals surface area contributed by atoms with Gasteiger partial charge < -0.3 is 9.15 Å². The maximum Gasteiger partial charge on any atom is 0.394 e. The fraction of sp³-hybridized carbons (Fsp3) is 0.0400. The zero-order valence-electron chi connectivity index (χ0n) is 15.7. The first-order valence-electron chi connectivity index (χ1n) is 9.44. The lowest BCUT2D eigenvalue weighted by Crippen LogP contribution is -1.95. The van der Waals surface area contributed by atoms with E-state index in [1.807, 2.05) is 48.8 Å². The van der Waals surface area contributed by atoms with Crippen LogP contribution < -0.4 is 4.74 Å². The summed E-state index contributed by atoms with van der Waals surface area (Å²) in [6.07, 6.45) is 3.93. The Morgan fingerprint density at radius 2 is 1.34 bits per heavy atom. The van der Waals surface area contributed by atoms with E-state index < -0.39 is 0 Å². The monoisotopic (exact) mass is 378 g/mol. The zero-order chi connectivity index (χ0) is 19.5. The van der Waals surface area contributed by atoms with Gasteiger partial charge in [0.05, 0.1) is 0 Å². The fourth-order valence-corrected chi connectivity index (χ4v) is 3.36. The number of aromatic nitrogens is 2. The van der Waals surface area contributed by atoms with Crippen LogP contribution in [0.3, 0.4) is 0 Å². The first-order chi connectivity index (χ1) is 14.4. The van der Waals surface area contributed by atoms with E-state index in [-0.39, 0.29) is 0 Å². The van der Waals surface area contributed by atoms with Gasteiger partial charge in [0, 0.05) is 12.4 Å². The van der Waals surface area contributed by atoms with Crippen molar-refractivity contribution >= 4 is 11.1 Å². The molecule has 0 atom stereocenters. The van der Waals surface area contributed by atoms with Crippen LogP contribution >= 0.6 is 0 Å².